The summed E-state index contributed by atoms with van der Waals surface area (Å²) in [6.45, 7) is -0.585. The molecular weight excluding hydrogens is 474 g/mol. The molecular formula is C23H23ClF2N2O4S. The normalized spacial score (nSPS) is 19.2. The number of aromatic nitrogens is 1. The summed E-state index contributed by atoms with van der Waals surface area (Å²) in [5, 5.41) is 10.3. The fourth-order valence-corrected chi connectivity index (χ4v) is 6.12. The number of oxazole rings is 1. The third-order valence-electron chi connectivity index (χ3n) is 6.04. The number of benzene rings is 2. The van der Waals surface area contributed by atoms with Gasteiger partial charge < -0.3 is 9.52 Å². The molecule has 1 aliphatic carbocycles. The SMILES string of the molecule is O=S(=O)(c1ccc(Cl)cc1)N(Cc1ccc(-c2ncco2)c(F)c1F)C1CCCCC1CO. The number of aliphatic hydroxyl groups excluding tert-OH is 1. The van der Waals surface area contributed by atoms with Gasteiger partial charge in [-0.2, -0.15) is 4.31 Å². The Morgan fingerprint density at radius 3 is 2.48 bits per heavy atom. The molecule has 0 saturated heterocycles. The minimum Gasteiger partial charge on any atom is -0.444 e. The first-order chi connectivity index (χ1) is 15.8. The Kier molecular flexibility index (Phi) is 7.13. The molecule has 6 nitrogen and oxygen atoms in total. The number of rotatable bonds is 7. The fourth-order valence-electron chi connectivity index (χ4n) is 4.30. The summed E-state index contributed by atoms with van der Waals surface area (Å²) in [6, 6.07) is 7.77. The van der Waals surface area contributed by atoms with E-state index in [4.69, 9.17) is 16.0 Å². The predicted molar refractivity (Wildman–Crippen MR) is 119 cm³/mol. The van der Waals surface area contributed by atoms with Crippen LogP contribution in [0.15, 0.2) is 58.2 Å². The molecule has 0 spiro atoms. The molecule has 3 aromatic rings. The van der Waals surface area contributed by atoms with E-state index in [1.54, 1.807) is 0 Å². The van der Waals surface area contributed by atoms with Gasteiger partial charge in [-0.3, -0.25) is 0 Å². The lowest BCUT2D eigenvalue weighted by Crippen LogP contribution is -2.46. The first-order valence-corrected chi connectivity index (χ1v) is 12.4. The van der Waals surface area contributed by atoms with Crippen molar-refractivity contribution in [2.24, 2.45) is 5.92 Å². The molecule has 1 aromatic heterocycles. The summed E-state index contributed by atoms with van der Waals surface area (Å²) in [5.41, 5.74) is -0.276. The Morgan fingerprint density at radius 1 is 1.09 bits per heavy atom. The average molecular weight is 497 g/mol. The van der Waals surface area contributed by atoms with Gasteiger partial charge in [0.15, 0.2) is 11.6 Å². The van der Waals surface area contributed by atoms with E-state index in [0.29, 0.717) is 17.9 Å². The molecule has 1 saturated carbocycles. The van der Waals surface area contributed by atoms with E-state index in [1.165, 1.54) is 53.2 Å². The average Bonchev–Trinajstić information content (AvgIpc) is 3.35. The molecule has 1 N–H and O–H groups in total. The molecule has 1 aliphatic rings. The highest BCUT2D eigenvalue weighted by molar-refractivity contribution is 7.89. The Balaban J connectivity index is 1.75. The number of hydrogen-bond acceptors (Lipinski definition) is 5. The van der Waals surface area contributed by atoms with E-state index < -0.39 is 27.7 Å². The van der Waals surface area contributed by atoms with E-state index in [9.17, 15) is 17.9 Å². The van der Waals surface area contributed by atoms with Crippen LogP contribution in [0.3, 0.4) is 0 Å². The lowest BCUT2D eigenvalue weighted by atomic mass is 9.85. The Morgan fingerprint density at radius 2 is 1.82 bits per heavy atom. The Labute approximate surface area is 195 Å². The second-order valence-corrected chi connectivity index (χ2v) is 10.4. The molecule has 4 rings (SSSR count). The van der Waals surface area contributed by atoms with Gasteiger partial charge in [0.1, 0.15) is 6.26 Å². The minimum atomic E-state index is -4.10. The molecule has 0 bridgehead atoms. The van der Waals surface area contributed by atoms with E-state index >= 15 is 4.39 Å². The maximum atomic E-state index is 15.1. The third-order valence-corrected chi connectivity index (χ3v) is 8.18. The van der Waals surface area contributed by atoms with E-state index in [0.717, 1.165) is 12.8 Å². The zero-order valence-corrected chi connectivity index (χ0v) is 19.2. The first-order valence-electron chi connectivity index (χ1n) is 10.6. The molecule has 0 aliphatic heterocycles. The zero-order valence-electron chi connectivity index (χ0n) is 17.6. The Bertz CT molecular complexity index is 1200. The van der Waals surface area contributed by atoms with Gasteiger partial charge in [0.05, 0.1) is 16.7 Å². The van der Waals surface area contributed by atoms with Gasteiger partial charge in [-0.05, 0) is 49.1 Å². The third kappa shape index (κ3) is 4.82. The second-order valence-electron chi connectivity index (χ2n) is 8.04. The van der Waals surface area contributed by atoms with Crippen molar-refractivity contribution in [1.29, 1.82) is 0 Å². The van der Waals surface area contributed by atoms with Crippen molar-refractivity contribution in [2.75, 3.05) is 6.61 Å². The van der Waals surface area contributed by atoms with Gasteiger partial charge in [-0.25, -0.2) is 22.2 Å². The molecule has 176 valence electrons. The maximum absolute atomic E-state index is 15.1. The number of nitrogens with zero attached hydrogens (tertiary/aromatic N) is 2. The lowest BCUT2D eigenvalue weighted by molar-refractivity contribution is 0.109. The van der Waals surface area contributed by atoms with E-state index in [-0.39, 0.29) is 41.0 Å². The highest BCUT2D eigenvalue weighted by Gasteiger charge is 2.38. The summed E-state index contributed by atoms with van der Waals surface area (Å²) in [6.07, 6.45) is 5.36. The van der Waals surface area contributed by atoms with Crippen LogP contribution in [0.25, 0.3) is 11.5 Å². The zero-order chi connectivity index (χ0) is 23.6. The van der Waals surface area contributed by atoms with Gasteiger partial charge in [0.2, 0.25) is 15.9 Å². The van der Waals surface area contributed by atoms with Crippen LogP contribution in [-0.2, 0) is 16.6 Å². The van der Waals surface area contributed by atoms with Gasteiger partial charge in [-0.15, -0.1) is 0 Å². The molecule has 0 radical (unpaired) electrons. The smallest absolute Gasteiger partial charge is 0.243 e. The molecule has 2 unspecified atom stereocenters. The molecule has 2 atom stereocenters. The maximum Gasteiger partial charge on any atom is 0.243 e. The van der Waals surface area contributed by atoms with Crippen molar-refractivity contribution in [2.45, 2.75) is 43.2 Å². The molecule has 10 heteroatoms. The van der Waals surface area contributed by atoms with Crippen LogP contribution in [0, 0.1) is 17.6 Å². The number of aliphatic hydroxyl groups is 1. The predicted octanol–water partition coefficient (Wildman–Crippen LogP) is 5.02. The summed E-state index contributed by atoms with van der Waals surface area (Å²) in [4.78, 5) is 3.83. The first kappa shape index (κ1) is 23.8. The molecule has 33 heavy (non-hydrogen) atoms. The van der Waals surface area contributed by atoms with Gasteiger partial charge >= 0.3 is 0 Å². The fraction of sp³-hybridized carbons (Fsp3) is 0.348. The topological polar surface area (TPSA) is 83.6 Å². The van der Waals surface area contributed by atoms with Crippen molar-refractivity contribution in [3.05, 3.63) is 71.1 Å². The molecule has 1 heterocycles. The van der Waals surface area contributed by atoms with Gasteiger partial charge in [0.25, 0.3) is 0 Å². The standard InChI is InChI=1S/C23H23ClF2N2O4S/c24-17-6-8-18(9-7-17)33(30,31)28(20-4-2-1-3-16(20)14-29)13-15-5-10-19(22(26)21(15)25)23-27-11-12-32-23/h5-12,16,20,29H,1-4,13-14H2. The van der Waals surface area contributed by atoms with Gasteiger partial charge in [0, 0.05) is 29.8 Å². The monoisotopic (exact) mass is 496 g/mol. The summed E-state index contributed by atoms with van der Waals surface area (Å²) in [7, 11) is -4.10. The van der Waals surface area contributed by atoms with Crippen LogP contribution < -0.4 is 0 Å². The van der Waals surface area contributed by atoms with Crippen LogP contribution >= 0.6 is 11.6 Å². The highest BCUT2D eigenvalue weighted by atomic mass is 35.5. The van der Waals surface area contributed by atoms with Crippen molar-refractivity contribution in [1.82, 2.24) is 9.29 Å². The summed E-state index contributed by atoms with van der Waals surface area (Å²) in [5.74, 6) is -2.71. The summed E-state index contributed by atoms with van der Waals surface area (Å²) >= 11 is 5.92. The second kappa shape index (κ2) is 9.89. The minimum absolute atomic E-state index is 0.00792. The van der Waals surface area contributed by atoms with Crippen molar-refractivity contribution < 1.29 is 26.7 Å². The highest BCUT2D eigenvalue weighted by Crippen LogP contribution is 2.35. The van der Waals surface area contributed by atoms with Crippen LogP contribution in [0.5, 0.6) is 0 Å². The van der Waals surface area contributed by atoms with Crippen molar-refractivity contribution in [3.8, 4) is 11.5 Å². The van der Waals surface area contributed by atoms with Crippen LogP contribution in [0.1, 0.15) is 31.2 Å². The van der Waals surface area contributed by atoms with E-state index in [1.807, 2.05) is 0 Å². The lowest BCUT2D eigenvalue weighted by Gasteiger charge is -2.38. The number of halogens is 3. The summed E-state index contributed by atoms with van der Waals surface area (Å²) < 4.78 is 63.4. The molecule has 0 amide bonds. The van der Waals surface area contributed by atoms with Crippen LogP contribution in [-0.4, -0.2) is 35.5 Å². The largest absolute Gasteiger partial charge is 0.444 e. The van der Waals surface area contributed by atoms with Crippen molar-refractivity contribution in [3.63, 3.8) is 0 Å². The number of hydrogen-bond donors (Lipinski definition) is 1. The van der Waals surface area contributed by atoms with Crippen molar-refractivity contribution >= 4 is 21.6 Å². The van der Waals surface area contributed by atoms with E-state index in [2.05, 4.69) is 4.98 Å². The van der Waals surface area contributed by atoms with Crippen LogP contribution in [0.2, 0.25) is 5.02 Å². The molecule has 1 fully saturated rings. The molecule has 2 aromatic carbocycles. The van der Waals surface area contributed by atoms with Gasteiger partial charge in [-0.1, -0.05) is 30.5 Å². The Hall–Kier alpha value is -2.33. The van der Waals surface area contributed by atoms with Crippen LogP contribution in [0.4, 0.5) is 8.78 Å². The number of sulfonamides is 1. The quantitative estimate of drug-likeness (QED) is 0.497.